The maximum Gasteiger partial charge on any atom is 0.328 e. The maximum absolute atomic E-state index is 13.1. The number of amides is 4. The maximum atomic E-state index is 13.1. The molecule has 1 aliphatic rings. The van der Waals surface area contributed by atoms with Gasteiger partial charge in [0.25, 0.3) is 5.91 Å². The van der Waals surface area contributed by atoms with Crippen molar-refractivity contribution in [3.63, 3.8) is 0 Å². The van der Waals surface area contributed by atoms with E-state index in [0.29, 0.717) is 22.9 Å². The first kappa shape index (κ1) is 21.1. The average Bonchev–Trinajstić information content (AvgIpc) is 2.68. The highest BCUT2D eigenvalue weighted by Crippen LogP contribution is 2.38. The molecule has 0 unspecified atom stereocenters. The van der Waals surface area contributed by atoms with E-state index in [9.17, 15) is 14.4 Å². The number of nitrogen functional groups attached to an aromatic ring is 1. The Morgan fingerprint density at radius 2 is 2.00 bits per heavy atom. The smallest absolute Gasteiger partial charge is 0.328 e. The van der Waals surface area contributed by atoms with E-state index in [0.717, 1.165) is 5.56 Å². The Hall–Kier alpha value is -3.62. The molecule has 0 spiro atoms. The van der Waals surface area contributed by atoms with E-state index in [1.807, 2.05) is 26.8 Å². The predicted octanol–water partition coefficient (Wildman–Crippen LogP) is 2.67. The van der Waals surface area contributed by atoms with Gasteiger partial charge < -0.3 is 15.8 Å². The van der Waals surface area contributed by atoms with Crippen LogP contribution in [0, 0.1) is 0 Å². The van der Waals surface area contributed by atoms with Crippen molar-refractivity contribution < 1.29 is 19.1 Å². The summed E-state index contributed by atoms with van der Waals surface area (Å²) in [5.74, 6) is 0.0165. The Labute approximate surface area is 174 Å². The summed E-state index contributed by atoms with van der Waals surface area (Å²) in [6.45, 7) is 6.18. The molecule has 0 saturated carbocycles. The van der Waals surface area contributed by atoms with Crippen LogP contribution in [0.1, 0.15) is 43.1 Å². The van der Waals surface area contributed by atoms with Gasteiger partial charge in [-0.1, -0.05) is 20.8 Å². The molecule has 3 rings (SSSR count). The number of nitrogens with zero attached hydrogens (tertiary/aromatic N) is 2. The van der Waals surface area contributed by atoms with Crippen molar-refractivity contribution in [2.24, 2.45) is 0 Å². The molecule has 30 heavy (non-hydrogen) atoms. The number of methoxy groups -OCH3 is 1. The van der Waals surface area contributed by atoms with E-state index < -0.39 is 11.9 Å². The molecule has 9 heteroatoms. The number of pyridine rings is 1. The van der Waals surface area contributed by atoms with Gasteiger partial charge >= 0.3 is 6.03 Å². The van der Waals surface area contributed by atoms with Gasteiger partial charge in [0.2, 0.25) is 5.91 Å². The van der Waals surface area contributed by atoms with Gasteiger partial charge in [-0.3, -0.25) is 19.8 Å². The molecule has 1 aromatic carbocycles. The fourth-order valence-electron chi connectivity index (χ4n) is 3.20. The number of rotatable bonds is 4. The molecular formula is C21H25N5O4. The molecule has 2 heterocycles. The minimum atomic E-state index is -0.523. The molecule has 0 radical (unpaired) electrons. The van der Waals surface area contributed by atoms with Crippen LogP contribution in [0.5, 0.6) is 5.75 Å². The van der Waals surface area contributed by atoms with Gasteiger partial charge in [0.1, 0.15) is 11.6 Å². The number of hydrogen-bond acceptors (Lipinski definition) is 6. The third kappa shape index (κ3) is 4.35. The molecule has 1 fully saturated rings. The standard InChI is InChI=1S/C21H25N5O4/c1-21(2,3)15-10-13(26-8-7-17(27)25-20(26)29)9-14(18(15)30-4)19(28)24-12-5-6-16(22)23-11-12/h5-6,9-11H,7-8H2,1-4H3,(H2,22,23)(H,24,28)(H,25,27,29). The van der Waals surface area contributed by atoms with Crippen LogP contribution in [0.15, 0.2) is 30.5 Å². The normalized spacial score (nSPS) is 14.3. The summed E-state index contributed by atoms with van der Waals surface area (Å²) in [6, 6.07) is 6.11. The number of imide groups is 1. The van der Waals surface area contributed by atoms with E-state index in [4.69, 9.17) is 10.5 Å². The SMILES string of the molecule is COc1c(C(=O)Nc2ccc(N)nc2)cc(N2CCC(=O)NC2=O)cc1C(C)(C)C. The number of anilines is 3. The number of carbonyl (C=O) groups excluding carboxylic acids is 3. The number of nitrogens with one attached hydrogen (secondary N) is 2. The molecule has 0 aliphatic carbocycles. The Balaban J connectivity index is 2.07. The minimum absolute atomic E-state index is 0.182. The molecule has 9 nitrogen and oxygen atoms in total. The average molecular weight is 411 g/mol. The Bertz CT molecular complexity index is 996. The monoisotopic (exact) mass is 411 g/mol. The second-order valence-corrected chi connectivity index (χ2v) is 8.00. The third-order valence-electron chi connectivity index (χ3n) is 4.74. The van der Waals surface area contributed by atoms with Crippen LogP contribution in [0.2, 0.25) is 0 Å². The van der Waals surface area contributed by atoms with E-state index in [1.165, 1.54) is 18.2 Å². The van der Waals surface area contributed by atoms with Crippen molar-refractivity contribution in [3.8, 4) is 5.75 Å². The van der Waals surface area contributed by atoms with Crippen molar-refractivity contribution in [2.75, 3.05) is 29.6 Å². The number of urea groups is 1. The summed E-state index contributed by atoms with van der Waals surface area (Å²) in [7, 11) is 1.50. The molecule has 1 saturated heterocycles. The van der Waals surface area contributed by atoms with Gasteiger partial charge in [-0.2, -0.15) is 0 Å². The lowest BCUT2D eigenvalue weighted by Crippen LogP contribution is -2.49. The molecule has 158 valence electrons. The fourth-order valence-corrected chi connectivity index (χ4v) is 3.20. The van der Waals surface area contributed by atoms with Crippen LogP contribution in [-0.2, 0) is 10.2 Å². The first-order valence-corrected chi connectivity index (χ1v) is 9.47. The van der Waals surface area contributed by atoms with Crippen molar-refractivity contribution in [1.82, 2.24) is 10.3 Å². The zero-order valence-electron chi connectivity index (χ0n) is 17.4. The van der Waals surface area contributed by atoms with Gasteiger partial charge in [0.15, 0.2) is 0 Å². The van der Waals surface area contributed by atoms with Crippen LogP contribution in [0.4, 0.5) is 22.0 Å². The van der Waals surface area contributed by atoms with Crippen LogP contribution in [0.3, 0.4) is 0 Å². The summed E-state index contributed by atoms with van der Waals surface area (Å²) in [6.07, 6.45) is 1.64. The van der Waals surface area contributed by atoms with E-state index >= 15 is 0 Å². The lowest BCUT2D eigenvalue weighted by atomic mass is 9.84. The van der Waals surface area contributed by atoms with Crippen molar-refractivity contribution in [1.29, 1.82) is 0 Å². The highest BCUT2D eigenvalue weighted by atomic mass is 16.5. The largest absolute Gasteiger partial charge is 0.496 e. The van der Waals surface area contributed by atoms with E-state index in [1.54, 1.807) is 18.2 Å². The molecule has 1 aromatic heterocycles. The topological polar surface area (TPSA) is 127 Å². The number of hydrogen-bond donors (Lipinski definition) is 3. The van der Waals surface area contributed by atoms with Gasteiger partial charge in [-0.25, -0.2) is 9.78 Å². The molecule has 0 atom stereocenters. The number of carbonyl (C=O) groups is 3. The molecule has 2 aromatic rings. The summed E-state index contributed by atoms with van der Waals surface area (Å²) < 4.78 is 5.60. The second-order valence-electron chi connectivity index (χ2n) is 8.00. The zero-order valence-corrected chi connectivity index (χ0v) is 17.4. The van der Waals surface area contributed by atoms with Crippen LogP contribution >= 0.6 is 0 Å². The summed E-state index contributed by atoms with van der Waals surface area (Å²) in [4.78, 5) is 42.4. The van der Waals surface area contributed by atoms with E-state index in [-0.39, 0.29) is 29.9 Å². The Morgan fingerprint density at radius 1 is 1.27 bits per heavy atom. The molecule has 0 bridgehead atoms. The summed E-state index contributed by atoms with van der Waals surface area (Å²) >= 11 is 0. The van der Waals surface area contributed by atoms with Crippen molar-refractivity contribution in [3.05, 3.63) is 41.6 Å². The third-order valence-corrected chi connectivity index (χ3v) is 4.74. The van der Waals surface area contributed by atoms with Crippen molar-refractivity contribution in [2.45, 2.75) is 32.6 Å². The lowest BCUT2D eigenvalue weighted by molar-refractivity contribution is -0.120. The molecule has 1 aliphatic heterocycles. The second kappa shape index (κ2) is 8.02. The predicted molar refractivity (Wildman–Crippen MR) is 114 cm³/mol. The highest BCUT2D eigenvalue weighted by molar-refractivity contribution is 6.09. The Kier molecular flexibility index (Phi) is 5.64. The van der Waals surface area contributed by atoms with Gasteiger partial charge in [0.05, 0.1) is 24.6 Å². The number of aromatic nitrogens is 1. The lowest BCUT2D eigenvalue weighted by Gasteiger charge is -2.30. The van der Waals surface area contributed by atoms with Crippen LogP contribution < -0.4 is 26.0 Å². The van der Waals surface area contributed by atoms with Gasteiger partial charge in [0, 0.05) is 24.2 Å². The quantitative estimate of drug-likeness (QED) is 0.710. The van der Waals surface area contributed by atoms with Crippen LogP contribution in [0.25, 0.3) is 0 Å². The molecular weight excluding hydrogens is 386 g/mol. The number of ether oxygens (including phenoxy) is 1. The molecule has 4 amide bonds. The number of benzene rings is 1. The first-order valence-electron chi connectivity index (χ1n) is 9.47. The first-order chi connectivity index (χ1) is 14.1. The fraction of sp³-hybridized carbons (Fsp3) is 0.333. The minimum Gasteiger partial charge on any atom is -0.496 e. The van der Waals surface area contributed by atoms with Gasteiger partial charge in [-0.05, 0) is 29.7 Å². The van der Waals surface area contributed by atoms with Gasteiger partial charge in [-0.15, -0.1) is 0 Å². The van der Waals surface area contributed by atoms with Crippen LogP contribution in [-0.4, -0.2) is 36.5 Å². The molecule has 4 N–H and O–H groups in total. The Morgan fingerprint density at radius 3 is 2.57 bits per heavy atom. The highest BCUT2D eigenvalue weighted by Gasteiger charge is 2.30. The number of nitrogens with two attached hydrogens (primary N) is 1. The van der Waals surface area contributed by atoms with E-state index in [2.05, 4.69) is 15.6 Å². The zero-order chi connectivity index (χ0) is 22.1. The summed E-state index contributed by atoms with van der Waals surface area (Å²) in [5, 5.41) is 5.08. The summed E-state index contributed by atoms with van der Waals surface area (Å²) in [5.41, 5.74) is 7.22. The van der Waals surface area contributed by atoms with Crippen molar-refractivity contribution >= 4 is 35.0 Å².